The van der Waals surface area contributed by atoms with Crippen LogP contribution in [0.3, 0.4) is 0 Å². The molecular weight excluding hydrogens is 230 g/mol. The van der Waals surface area contributed by atoms with E-state index in [0.29, 0.717) is 5.54 Å². The van der Waals surface area contributed by atoms with Crippen LogP contribution in [0.4, 0.5) is 0 Å². The van der Waals surface area contributed by atoms with Gasteiger partial charge in [-0.3, -0.25) is 0 Å². The highest BCUT2D eigenvalue weighted by atomic mass is 15.0. The summed E-state index contributed by atoms with van der Waals surface area (Å²) in [6.45, 7) is 1.03. The molecule has 19 heavy (non-hydrogen) atoms. The summed E-state index contributed by atoms with van der Waals surface area (Å²) >= 11 is 0. The highest BCUT2D eigenvalue weighted by Crippen LogP contribution is 2.34. The van der Waals surface area contributed by atoms with Crippen molar-refractivity contribution in [2.75, 3.05) is 0 Å². The van der Waals surface area contributed by atoms with Crippen LogP contribution >= 0.6 is 0 Å². The maximum atomic E-state index is 3.83. The van der Waals surface area contributed by atoms with E-state index in [0.717, 1.165) is 6.54 Å². The summed E-state index contributed by atoms with van der Waals surface area (Å²) in [6.07, 6.45) is 4.83. The standard InChI is InChI=1S/C18H19N/c1-2-6-15-11-18(10-9-14(15)5-1)12-16-7-3-4-8-17(16)13-19-18/h1-8,19H,9-13H2. The Bertz CT molecular complexity index is 559. The molecule has 1 atom stereocenters. The van der Waals surface area contributed by atoms with Gasteiger partial charge in [-0.1, -0.05) is 48.5 Å². The largest absolute Gasteiger partial charge is 0.307 e. The third-order valence-electron chi connectivity index (χ3n) is 4.82. The molecule has 1 heterocycles. The van der Waals surface area contributed by atoms with E-state index in [9.17, 15) is 0 Å². The van der Waals surface area contributed by atoms with Crippen molar-refractivity contribution in [3.63, 3.8) is 0 Å². The van der Waals surface area contributed by atoms with Gasteiger partial charge in [0, 0.05) is 12.1 Å². The summed E-state index contributed by atoms with van der Waals surface area (Å²) in [7, 11) is 0. The van der Waals surface area contributed by atoms with Gasteiger partial charge in [-0.25, -0.2) is 0 Å². The maximum absolute atomic E-state index is 3.83. The van der Waals surface area contributed by atoms with Crippen molar-refractivity contribution in [3.8, 4) is 0 Å². The van der Waals surface area contributed by atoms with Crippen molar-refractivity contribution in [2.24, 2.45) is 0 Å². The summed E-state index contributed by atoms with van der Waals surface area (Å²) in [5.74, 6) is 0. The molecule has 0 fully saturated rings. The Labute approximate surface area is 114 Å². The molecule has 1 aliphatic carbocycles. The minimum Gasteiger partial charge on any atom is -0.307 e. The molecule has 0 bridgehead atoms. The van der Waals surface area contributed by atoms with Crippen molar-refractivity contribution in [1.82, 2.24) is 5.32 Å². The van der Waals surface area contributed by atoms with Crippen molar-refractivity contribution in [1.29, 1.82) is 0 Å². The normalized spacial score (nSPS) is 24.8. The van der Waals surface area contributed by atoms with Crippen molar-refractivity contribution in [3.05, 3.63) is 70.8 Å². The third kappa shape index (κ3) is 1.89. The summed E-state index contributed by atoms with van der Waals surface area (Å²) in [6, 6.07) is 17.8. The van der Waals surface area contributed by atoms with E-state index in [2.05, 4.69) is 53.8 Å². The second kappa shape index (κ2) is 4.21. The van der Waals surface area contributed by atoms with E-state index >= 15 is 0 Å². The molecule has 1 unspecified atom stereocenters. The molecule has 1 heteroatoms. The highest BCUT2D eigenvalue weighted by molar-refractivity contribution is 5.37. The van der Waals surface area contributed by atoms with E-state index < -0.39 is 0 Å². The van der Waals surface area contributed by atoms with E-state index in [-0.39, 0.29) is 0 Å². The fourth-order valence-corrected chi connectivity index (χ4v) is 3.71. The first-order chi connectivity index (χ1) is 9.35. The molecule has 1 aliphatic heterocycles. The fraction of sp³-hybridized carbons (Fsp3) is 0.333. The number of hydrogen-bond donors (Lipinski definition) is 1. The number of nitrogens with one attached hydrogen (secondary N) is 1. The second-order valence-electron chi connectivity index (χ2n) is 6.02. The van der Waals surface area contributed by atoms with Gasteiger partial charge >= 0.3 is 0 Å². The molecule has 96 valence electrons. The third-order valence-corrected chi connectivity index (χ3v) is 4.82. The van der Waals surface area contributed by atoms with Gasteiger partial charge in [0.15, 0.2) is 0 Å². The zero-order valence-corrected chi connectivity index (χ0v) is 11.2. The van der Waals surface area contributed by atoms with Crippen LogP contribution in [0.2, 0.25) is 0 Å². The fourth-order valence-electron chi connectivity index (χ4n) is 3.71. The Morgan fingerprint density at radius 2 is 1.32 bits per heavy atom. The van der Waals surface area contributed by atoms with Crippen molar-refractivity contribution < 1.29 is 0 Å². The topological polar surface area (TPSA) is 12.0 Å². The number of rotatable bonds is 0. The molecule has 0 amide bonds. The predicted molar refractivity (Wildman–Crippen MR) is 78.2 cm³/mol. The molecule has 1 N–H and O–H groups in total. The van der Waals surface area contributed by atoms with Crippen LogP contribution in [-0.2, 0) is 25.8 Å². The SMILES string of the molecule is c1ccc2c(c1)CCC1(C2)Cc2ccccc2CN1. The lowest BCUT2D eigenvalue weighted by molar-refractivity contribution is 0.265. The van der Waals surface area contributed by atoms with Crippen LogP contribution in [0.5, 0.6) is 0 Å². The predicted octanol–water partition coefficient (Wildman–Crippen LogP) is 3.26. The van der Waals surface area contributed by atoms with Gasteiger partial charge in [0.05, 0.1) is 0 Å². The van der Waals surface area contributed by atoms with Gasteiger partial charge in [-0.15, -0.1) is 0 Å². The van der Waals surface area contributed by atoms with Gasteiger partial charge in [0.25, 0.3) is 0 Å². The van der Waals surface area contributed by atoms with E-state index in [1.807, 2.05) is 0 Å². The van der Waals surface area contributed by atoms with E-state index in [4.69, 9.17) is 0 Å². The molecule has 2 aliphatic rings. The summed E-state index contributed by atoms with van der Waals surface area (Å²) in [4.78, 5) is 0. The monoisotopic (exact) mass is 249 g/mol. The molecule has 1 spiro atoms. The van der Waals surface area contributed by atoms with E-state index in [1.165, 1.54) is 31.2 Å². The lowest BCUT2D eigenvalue weighted by Crippen LogP contribution is -2.53. The molecular formula is C18H19N. The van der Waals surface area contributed by atoms with Crippen LogP contribution < -0.4 is 5.32 Å². The van der Waals surface area contributed by atoms with Gasteiger partial charge in [0.1, 0.15) is 0 Å². The van der Waals surface area contributed by atoms with Crippen LogP contribution in [0.15, 0.2) is 48.5 Å². The molecule has 0 saturated carbocycles. The summed E-state index contributed by atoms with van der Waals surface area (Å²) in [5.41, 5.74) is 6.41. The molecule has 2 aromatic carbocycles. The van der Waals surface area contributed by atoms with Crippen LogP contribution in [0.1, 0.15) is 28.7 Å². The molecule has 0 aromatic heterocycles. The first-order valence-electron chi connectivity index (χ1n) is 7.23. The number of benzene rings is 2. The van der Waals surface area contributed by atoms with Gasteiger partial charge < -0.3 is 5.32 Å². The van der Waals surface area contributed by atoms with Crippen molar-refractivity contribution >= 4 is 0 Å². The first kappa shape index (κ1) is 11.2. The molecule has 0 saturated heterocycles. The Morgan fingerprint density at radius 3 is 2.05 bits per heavy atom. The maximum Gasteiger partial charge on any atom is 0.0268 e. The first-order valence-corrected chi connectivity index (χ1v) is 7.23. The Kier molecular flexibility index (Phi) is 2.49. The average molecular weight is 249 g/mol. The zero-order chi connectivity index (χ0) is 12.7. The van der Waals surface area contributed by atoms with Crippen molar-refractivity contribution in [2.45, 2.75) is 37.8 Å². The zero-order valence-electron chi connectivity index (χ0n) is 11.2. The quantitative estimate of drug-likeness (QED) is 0.755. The van der Waals surface area contributed by atoms with Gasteiger partial charge in [0.2, 0.25) is 0 Å². The lowest BCUT2D eigenvalue weighted by Gasteiger charge is -2.43. The Hall–Kier alpha value is -1.60. The minimum atomic E-state index is 0.294. The summed E-state index contributed by atoms with van der Waals surface area (Å²) < 4.78 is 0. The number of fused-ring (bicyclic) bond motifs is 2. The Balaban J connectivity index is 1.68. The average Bonchev–Trinajstić information content (AvgIpc) is 2.47. The molecule has 2 aromatic rings. The molecule has 0 radical (unpaired) electrons. The number of hydrogen-bond acceptors (Lipinski definition) is 1. The smallest absolute Gasteiger partial charge is 0.0268 e. The number of aryl methyl sites for hydroxylation is 1. The second-order valence-corrected chi connectivity index (χ2v) is 6.02. The van der Waals surface area contributed by atoms with Crippen LogP contribution in [0.25, 0.3) is 0 Å². The molecule has 4 rings (SSSR count). The van der Waals surface area contributed by atoms with Crippen LogP contribution in [0, 0.1) is 0 Å². The minimum absolute atomic E-state index is 0.294. The van der Waals surface area contributed by atoms with Gasteiger partial charge in [-0.2, -0.15) is 0 Å². The summed E-state index contributed by atoms with van der Waals surface area (Å²) in [5, 5.41) is 3.83. The Morgan fingerprint density at radius 1 is 0.737 bits per heavy atom. The van der Waals surface area contributed by atoms with E-state index in [1.54, 1.807) is 16.7 Å². The molecule has 1 nitrogen and oxygen atoms in total. The lowest BCUT2D eigenvalue weighted by atomic mass is 9.72. The van der Waals surface area contributed by atoms with Gasteiger partial charge in [-0.05, 0) is 47.9 Å². The highest BCUT2D eigenvalue weighted by Gasteiger charge is 2.36. The van der Waals surface area contributed by atoms with Crippen LogP contribution in [-0.4, -0.2) is 5.54 Å².